The van der Waals surface area contributed by atoms with E-state index < -0.39 is 0 Å². The Morgan fingerprint density at radius 3 is 2.81 bits per heavy atom. The van der Waals surface area contributed by atoms with Gasteiger partial charge >= 0.3 is 0 Å². The molecule has 0 amide bonds. The second-order valence-corrected chi connectivity index (χ2v) is 5.57. The fourth-order valence-electron chi connectivity index (χ4n) is 1.44. The largest absolute Gasteiger partial charge is 0.298 e. The molecule has 0 radical (unpaired) electrons. The summed E-state index contributed by atoms with van der Waals surface area (Å²) in [6.07, 6.45) is 1.61. The summed E-state index contributed by atoms with van der Waals surface area (Å²) in [4.78, 5) is 11.7. The summed E-state index contributed by atoms with van der Waals surface area (Å²) in [5.74, 6) is 0.896. The molecule has 0 spiro atoms. The number of hydrogen-bond acceptors (Lipinski definition) is 3. The van der Waals surface area contributed by atoms with Crippen molar-refractivity contribution in [2.75, 3.05) is 5.75 Å². The third-order valence-electron chi connectivity index (χ3n) is 2.58. The fraction of sp³-hybridized carbons (Fsp3) is 0.667. The number of aryl methyl sites for hydroxylation is 2. The molecular weight excluding hydrogens is 220 g/mol. The Hall–Kier alpha value is -0.770. The van der Waals surface area contributed by atoms with E-state index in [0.29, 0.717) is 17.4 Å². The lowest BCUT2D eigenvalue weighted by Crippen LogP contribution is -2.11. The summed E-state index contributed by atoms with van der Waals surface area (Å²) in [7, 11) is 1.89. The number of thioether (sulfide) groups is 1. The zero-order valence-electron chi connectivity index (χ0n) is 10.5. The number of ketones is 1. The smallest absolute Gasteiger partial charge is 0.148 e. The van der Waals surface area contributed by atoms with Crippen molar-refractivity contribution in [3.63, 3.8) is 0 Å². The molecule has 0 saturated carbocycles. The van der Waals surface area contributed by atoms with Gasteiger partial charge < -0.3 is 0 Å². The Morgan fingerprint density at radius 1 is 1.62 bits per heavy atom. The molecule has 90 valence electrons. The molecule has 0 aliphatic heterocycles. The highest BCUT2D eigenvalue weighted by Gasteiger charge is 2.10. The molecule has 0 aromatic carbocycles. The molecule has 0 bridgehead atoms. The number of carbonyl (C=O) groups excluding carboxylic acids is 1. The molecule has 3 nitrogen and oxygen atoms in total. The van der Waals surface area contributed by atoms with Crippen molar-refractivity contribution in [1.29, 1.82) is 0 Å². The predicted molar refractivity (Wildman–Crippen MR) is 68.9 cm³/mol. The summed E-state index contributed by atoms with van der Waals surface area (Å²) in [6, 6.07) is 1.98. The first-order valence-corrected chi connectivity index (χ1v) is 6.70. The monoisotopic (exact) mass is 240 g/mol. The van der Waals surface area contributed by atoms with E-state index in [0.717, 1.165) is 17.8 Å². The number of nitrogens with zero attached hydrogens (tertiary/aromatic N) is 2. The summed E-state index contributed by atoms with van der Waals surface area (Å²) in [5, 5.41) is 4.80. The number of hydrogen-bond donors (Lipinski definition) is 0. The third kappa shape index (κ3) is 4.00. The number of rotatable bonds is 6. The van der Waals surface area contributed by atoms with Crippen molar-refractivity contribution in [1.82, 2.24) is 9.78 Å². The van der Waals surface area contributed by atoms with Gasteiger partial charge in [-0.15, -0.1) is 0 Å². The number of aromatic nitrogens is 2. The fourth-order valence-corrected chi connectivity index (χ4v) is 2.24. The second kappa shape index (κ2) is 6.09. The Kier molecular flexibility index (Phi) is 5.06. The van der Waals surface area contributed by atoms with Gasteiger partial charge in [-0.05, 0) is 19.4 Å². The topological polar surface area (TPSA) is 34.9 Å². The molecule has 1 rings (SSSR count). The van der Waals surface area contributed by atoms with Gasteiger partial charge in [0, 0.05) is 24.4 Å². The van der Waals surface area contributed by atoms with Crippen LogP contribution in [0.25, 0.3) is 0 Å². The molecule has 0 saturated heterocycles. The molecule has 0 aliphatic rings. The van der Waals surface area contributed by atoms with Gasteiger partial charge in [-0.3, -0.25) is 9.48 Å². The summed E-state index contributed by atoms with van der Waals surface area (Å²) >= 11 is 1.74. The predicted octanol–water partition coefficient (Wildman–Crippen LogP) is 2.37. The van der Waals surface area contributed by atoms with Gasteiger partial charge in [0.05, 0.1) is 11.4 Å². The van der Waals surface area contributed by atoms with Crippen molar-refractivity contribution >= 4 is 17.5 Å². The van der Waals surface area contributed by atoms with Gasteiger partial charge in [-0.25, -0.2) is 0 Å². The van der Waals surface area contributed by atoms with Crippen molar-refractivity contribution < 1.29 is 4.79 Å². The average Bonchev–Trinajstić information content (AvgIpc) is 2.54. The Morgan fingerprint density at radius 2 is 2.31 bits per heavy atom. The van der Waals surface area contributed by atoms with Crippen LogP contribution in [0.1, 0.15) is 31.7 Å². The van der Waals surface area contributed by atoms with Gasteiger partial charge in [0.25, 0.3) is 0 Å². The maximum atomic E-state index is 11.7. The Labute approximate surface area is 102 Å². The second-order valence-electron chi connectivity index (χ2n) is 4.15. The maximum absolute atomic E-state index is 11.7. The van der Waals surface area contributed by atoms with Crippen LogP contribution in [0.2, 0.25) is 0 Å². The van der Waals surface area contributed by atoms with Crippen LogP contribution in [0, 0.1) is 6.92 Å². The molecule has 1 aromatic heterocycles. The van der Waals surface area contributed by atoms with Crippen LogP contribution in [0.5, 0.6) is 0 Å². The lowest BCUT2D eigenvalue weighted by atomic mass is 10.2. The molecule has 0 aliphatic carbocycles. The maximum Gasteiger partial charge on any atom is 0.148 e. The minimum Gasteiger partial charge on any atom is -0.298 e. The van der Waals surface area contributed by atoms with Crippen LogP contribution in [-0.2, 0) is 18.3 Å². The molecular formula is C12H20N2OS. The molecule has 4 heteroatoms. The summed E-state index contributed by atoms with van der Waals surface area (Å²) in [6.45, 7) is 6.25. The van der Waals surface area contributed by atoms with E-state index in [2.05, 4.69) is 18.9 Å². The molecule has 1 unspecified atom stereocenters. The highest BCUT2D eigenvalue weighted by atomic mass is 32.2. The van der Waals surface area contributed by atoms with Gasteiger partial charge in [-0.1, -0.05) is 13.8 Å². The summed E-state index contributed by atoms with van der Waals surface area (Å²) in [5.41, 5.74) is 1.98. The van der Waals surface area contributed by atoms with Crippen LogP contribution >= 0.6 is 11.8 Å². The number of carbonyl (C=O) groups is 1. The zero-order chi connectivity index (χ0) is 12.1. The van der Waals surface area contributed by atoms with E-state index >= 15 is 0 Å². The standard InChI is InChI=1S/C12H20N2OS/c1-5-10(3)16-8-12(15)7-11-6-9(2)13-14(11)4/h6,10H,5,7-8H2,1-4H3. The van der Waals surface area contributed by atoms with Crippen LogP contribution in [-0.4, -0.2) is 26.6 Å². The first-order chi connectivity index (χ1) is 7.52. The first-order valence-electron chi connectivity index (χ1n) is 5.65. The van der Waals surface area contributed by atoms with E-state index in [-0.39, 0.29) is 5.78 Å². The van der Waals surface area contributed by atoms with Gasteiger partial charge in [0.2, 0.25) is 0 Å². The summed E-state index contributed by atoms with van der Waals surface area (Å²) < 4.78 is 1.79. The van der Waals surface area contributed by atoms with Crippen molar-refractivity contribution in [2.45, 2.75) is 38.9 Å². The lowest BCUT2D eigenvalue weighted by molar-refractivity contribution is -0.116. The Bertz CT molecular complexity index is 360. The van der Waals surface area contributed by atoms with Crippen molar-refractivity contribution in [2.24, 2.45) is 7.05 Å². The van der Waals surface area contributed by atoms with Crippen LogP contribution in [0.4, 0.5) is 0 Å². The van der Waals surface area contributed by atoms with Crippen LogP contribution in [0.3, 0.4) is 0 Å². The highest BCUT2D eigenvalue weighted by Crippen LogP contribution is 2.14. The molecule has 0 fully saturated rings. The molecule has 1 aromatic rings. The highest BCUT2D eigenvalue weighted by molar-refractivity contribution is 8.00. The molecule has 16 heavy (non-hydrogen) atoms. The first kappa shape index (κ1) is 13.3. The van der Waals surface area contributed by atoms with Crippen molar-refractivity contribution in [3.05, 3.63) is 17.5 Å². The van der Waals surface area contributed by atoms with Crippen molar-refractivity contribution in [3.8, 4) is 0 Å². The molecule has 1 heterocycles. The van der Waals surface area contributed by atoms with Gasteiger partial charge in [-0.2, -0.15) is 16.9 Å². The Balaban J connectivity index is 2.43. The molecule has 1 atom stereocenters. The minimum absolute atomic E-state index is 0.285. The van der Waals surface area contributed by atoms with E-state index in [1.807, 2.05) is 20.0 Å². The number of Topliss-reactive ketones (excluding diaryl/α,β-unsaturated/α-hetero) is 1. The molecule has 0 N–H and O–H groups in total. The zero-order valence-corrected chi connectivity index (χ0v) is 11.3. The van der Waals surface area contributed by atoms with Crippen LogP contribution < -0.4 is 0 Å². The SMILES string of the molecule is CCC(C)SCC(=O)Cc1cc(C)nn1C. The van der Waals surface area contributed by atoms with Gasteiger partial charge in [0.1, 0.15) is 5.78 Å². The lowest BCUT2D eigenvalue weighted by Gasteiger charge is -2.07. The van der Waals surface area contributed by atoms with Crippen LogP contribution in [0.15, 0.2) is 6.07 Å². The minimum atomic E-state index is 0.285. The van der Waals surface area contributed by atoms with Gasteiger partial charge in [0.15, 0.2) is 0 Å². The average molecular weight is 240 g/mol. The normalized spacial score (nSPS) is 12.8. The quantitative estimate of drug-likeness (QED) is 0.765. The van der Waals surface area contributed by atoms with E-state index in [9.17, 15) is 4.79 Å². The van der Waals surface area contributed by atoms with E-state index in [4.69, 9.17) is 0 Å². The third-order valence-corrected chi connectivity index (χ3v) is 3.97. The van der Waals surface area contributed by atoms with E-state index in [1.165, 1.54) is 0 Å². The van der Waals surface area contributed by atoms with E-state index in [1.54, 1.807) is 16.4 Å².